The van der Waals surface area contributed by atoms with Crippen molar-refractivity contribution in [3.05, 3.63) is 22.4 Å². The number of thiophene rings is 1. The molecule has 15 heavy (non-hydrogen) atoms. The second-order valence-electron chi connectivity index (χ2n) is 3.71. The number of rotatable bonds is 3. The van der Waals surface area contributed by atoms with E-state index < -0.39 is 15.9 Å². The van der Waals surface area contributed by atoms with E-state index >= 15 is 0 Å². The molecule has 0 unspecified atom stereocenters. The van der Waals surface area contributed by atoms with Gasteiger partial charge in [0, 0.05) is 17.5 Å². The van der Waals surface area contributed by atoms with Crippen LogP contribution in [-0.4, -0.2) is 37.2 Å². The van der Waals surface area contributed by atoms with Crippen molar-refractivity contribution in [1.82, 2.24) is 5.32 Å². The van der Waals surface area contributed by atoms with Crippen molar-refractivity contribution in [2.75, 3.05) is 11.5 Å². The second-order valence-corrected chi connectivity index (χ2v) is 6.90. The molecule has 6 heteroatoms. The zero-order valence-corrected chi connectivity index (χ0v) is 9.72. The van der Waals surface area contributed by atoms with Gasteiger partial charge in [-0.2, -0.15) is 0 Å². The molecule has 2 atom stereocenters. The highest BCUT2D eigenvalue weighted by Gasteiger charge is 2.35. The lowest BCUT2D eigenvalue weighted by atomic mass is 10.2. The van der Waals surface area contributed by atoms with E-state index in [1.165, 1.54) is 0 Å². The van der Waals surface area contributed by atoms with Crippen LogP contribution in [0.2, 0.25) is 0 Å². The Morgan fingerprint density at radius 1 is 1.53 bits per heavy atom. The molecule has 1 fully saturated rings. The van der Waals surface area contributed by atoms with E-state index in [2.05, 4.69) is 5.32 Å². The van der Waals surface area contributed by atoms with Crippen molar-refractivity contribution in [3.8, 4) is 0 Å². The van der Waals surface area contributed by atoms with Gasteiger partial charge in [0.15, 0.2) is 9.84 Å². The summed E-state index contributed by atoms with van der Waals surface area (Å²) >= 11 is 1.61. The van der Waals surface area contributed by atoms with Gasteiger partial charge in [-0.1, -0.05) is 6.07 Å². The van der Waals surface area contributed by atoms with E-state index in [9.17, 15) is 13.5 Å². The molecule has 1 aliphatic rings. The van der Waals surface area contributed by atoms with Crippen LogP contribution in [0.5, 0.6) is 0 Å². The Kier molecular flexibility index (Phi) is 3.11. The molecule has 1 aliphatic heterocycles. The first-order chi connectivity index (χ1) is 7.07. The van der Waals surface area contributed by atoms with Crippen molar-refractivity contribution in [1.29, 1.82) is 0 Å². The first-order valence-corrected chi connectivity index (χ1v) is 7.41. The van der Waals surface area contributed by atoms with Crippen molar-refractivity contribution < 1.29 is 13.5 Å². The summed E-state index contributed by atoms with van der Waals surface area (Å²) in [5.41, 5.74) is 0. The average molecular weight is 247 g/mol. The van der Waals surface area contributed by atoms with E-state index in [0.29, 0.717) is 6.54 Å². The number of hydrogen-bond donors (Lipinski definition) is 2. The molecule has 0 saturated carbocycles. The molecule has 1 saturated heterocycles. The first-order valence-electron chi connectivity index (χ1n) is 4.71. The molecule has 0 aliphatic carbocycles. The third-order valence-corrected chi connectivity index (χ3v) is 5.03. The van der Waals surface area contributed by atoms with E-state index in [1.807, 2.05) is 17.5 Å². The molecule has 0 bridgehead atoms. The van der Waals surface area contributed by atoms with Crippen molar-refractivity contribution in [3.63, 3.8) is 0 Å². The monoisotopic (exact) mass is 247 g/mol. The van der Waals surface area contributed by atoms with E-state index in [4.69, 9.17) is 0 Å². The van der Waals surface area contributed by atoms with Crippen LogP contribution < -0.4 is 5.32 Å². The minimum absolute atomic E-state index is 0.0412. The highest BCUT2D eigenvalue weighted by molar-refractivity contribution is 7.91. The van der Waals surface area contributed by atoms with Crippen LogP contribution in [0.3, 0.4) is 0 Å². The molecule has 0 amide bonds. The fourth-order valence-corrected chi connectivity index (χ4v) is 4.10. The van der Waals surface area contributed by atoms with Gasteiger partial charge in [0.05, 0.1) is 17.6 Å². The standard InChI is InChI=1S/C9H13NO3S2/c11-9-6-15(12,13)5-8(9)10-4-7-2-1-3-14-7/h1-3,8-11H,4-6H2/t8-,9-/m1/s1. The van der Waals surface area contributed by atoms with Gasteiger partial charge in [0.25, 0.3) is 0 Å². The Morgan fingerprint density at radius 3 is 2.87 bits per heavy atom. The molecule has 4 nitrogen and oxygen atoms in total. The molecule has 1 aromatic rings. The Hall–Kier alpha value is -0.430. The lowest BCUT2D eigenvalue weighted by Crippen LogP contribution is -2.38. The highest BCUT2D eigenvalue weighted by atomic mass is 32.2. The average Bonchev–Trinajstić information content (AvgIpc) is 2.70. The summed E-state index contributed by atoms with van der Waals surface area (Å²) in [7, 11) is -3.04. The van der Waals surface area contributed by atoms with Gasteiger partial charge in [-0.3, -0.25) is 0 Å². The van der Waals surface area contributed by atoms with Gasteiger partial charge in [-0.25, -0.2) is 8.42 Å². The van der Waals surface area contributed by atoms with Crippen LogP contribution >= 0.6 is 11.3 Å². The summed E-state index contributed by atoms with van der Waals surface area (Å²) in [6.45, 7) is 0.620. The summed E-state index contributed by atoms with van der Waals surface area (Å²) in [5.74, 6) is -0.0748. The van der Waals surface area contributed by atoms with Crippen LogP contribution in [0.4, 0.5) is 0 Å². The fourth-order valence-electron chi connectivity index (χ4n) is 1.67. The largest absolute Gasteiger partial charge is 0.390 e. The molecule has 84 valence electrons. The molecule has 0 spiro atoms. The lowest BCUT2D eigenvalue weighted by Gasteiger charge is -2.13. The molecule has 2 N–H and O–H groups in total. The minimum Gasteiger partial charge on any atom is -0.390 e. The smallest absolute Gasteiger partial charge is 0.154 e. The Labute approximate surface area is 92.9 Å². The number of nitrogens with one attached hydrogen (secondary N) is 1. The predicted molar refractivity (Wildman–Crippen MR) is 59.6 cm³/mol. The molecule has 1 aromatic heterocycles. The predicted octanol–water partition coefficient (Wildman–Crippen LogP) is -0.00440. The second kappa shape index (κ2) is 4.21. The highest BCUT2D eigenvalue weighted by Crippen LogP contribution is 2.14. The van der Waals surface area contributed by atoms with Crippen LogP contribution in [0.25, 0.3) is 0 Å². The molecular weight excluding hydrogens is 234 g/mol. The SMILES string of the molecule is O=S1(=O)C[C@@H](O)[C@H](NCc2cccs2)C1. The minimum atomic E-state index is -3.04. The lowest BCUT2D eigenvalue weighted by molar-refractivity contribution is 0.165. The van der Waals surface area contributed by atoms with Crippen molar-refractivity contribution in [2.24, 2.45) is 0 Å². The Morgan fingerprint density at radius 2 is 2.33 bits per heavy atom. The van der Waals surface area contributed by atoms with Crippen molar-refractivity contribution >= 4 is 21.2 Å². The van der Waals surface area contributed by atoms with Gasteiger partial charge >= 0.3 is 0 Å². The molecule has 0 radical (unpaired) electrons. The van der Waals surface area contributed by atoms with E-state index in [0.717, 1.165) is 4.88 Å². The molecule has 2 heterocycles. The van der Waals surface area contributed by atoms with Gasteiger partial charge in [0.1, 0.15) is 0 Å². The number of hydrogen-bond acceptors (Lipinski definition) is 5. The topological polar surface area (TPSA) is 66.4 Å². The third kappa shape index (κ3) is 2.78. The van der Waals surface area contributed by atoms with Gasteiger partial charge in [0.2, 0.25) is 0 Å². The zero-order chi connectivity index (χ0) is 10.9. The zero-order valence-electron chi connectivity index (χ0n) is 8.09. The van der Waals surface area contributed by atoms with Crippen LogP contribution in [-0.2, 0) is 16.4 Å². The number of sulfone groups is 1. The summed E-state index contributed by atoms with van der Waals surface area (Å²) < 4.78 is 22.4. The normalized spacial score (nSPS) is 29.4. The quantitative estimate of drug-likeness (QED) is 0.789. The summed E-state index contributed by atoms with van der Waals surface area (Å²) in [4.78, 5) is 1.14. The molecule has 0 aromatic carbocycles. The summed E-state index contributed by atoms with van der Waals surface area (Å²) in [6.07, 6.45) is -0.769. The van der Waals surface area contributed by atoms with Gasteiger partial charge in [-0.15, -0.1) is 11.3 Å². The third-order valence-electron chi connectivity index (χ3n) is 2.44. The Bertz CT molecular complexity index is 413. The first kappa shape index (κ1) is 11.1. The summed E-state index contributed by atoms with van der Waals surface area (Å²) in [6, 6.07) is 3.61. The van der Waals surface area contributed by atoms with E-state index in [1.54, 1.807) is 11.3 Å². The maximum atomic E-state index is 11.2. The number of aliphatic hydroxyl groups excluding tert-OH is 1. The Balaban J connectivity index is 1.91. The molecular formula is C9H13NO3S2. The summed E-state index contributed by atoms with van der Waals surface area (Å²) in [5, 5.41) is 14.6. The van der Waals surface area contributed by atoms with Gasteiger partial charge in [-0.05, 0) is 11.4 Å². The fraction of sp³-hybridized carbons (Fsp3) is 0.556. The maximum Gasteiger partial charge on any atom is 0.154 e. The van der Waals surface area contributed by atoms with Crippen LogP contribution in [0.1, 0.15) is 4.88 Å². The van der Waals surface area contributed by atoms with Crippen molar-refractivity contribution in [2.45, 2.75) is 18.7 Å². The van der Waals surface area contributed by atoms with Crippen LogP contribution in [0.15, 0.2) is 17.5 Å². The van der Waals surface area contributed by atoms with Gasteiger partial charge < -0.3 is 10.4 Å². The molecule has 2 rings (SSSR count). The maximum absolute atomic E-state index is 11.2. The number of aliphatic hydroxyl groups is 1. The van der Waals surface area contributed by atoms with Crippen LogP contribution in [0, 0.1) is 0 Å². The van der Waals surface area contributed by atoms with E-state index in [-0.39, 0.29) is 17.5 Å².